The SMILES string of the molecule is CCCCCCCCCC(=O)OC[C@H](COP(=O)(O)OC[C@H](O)COP(=O)(O)OC[C@@H](COC(=O)CCCCCCCCCCCCCCCCC(C)C)OC(=O)CCCCCCCCCCCCCCCCCCCCC(C)CC)OC(=O)CCCCCCCCCCCCCCC(C)C. The highest BCUT2D eigenvalue weighted by atomic mass is 31.2. The van der Waals surface area contributed by atoms with E-state index < -0.39 is 97.5 Å². The Bertz CT molecular complexity index is 1960. The van der Waals surface area contributed by atoms with Crippen LogP contribution in [0, 0.1) is 17.8 Å². The third-order valence-corrected chi connectivity index (χ3v) is 21.4. The van der Waals surface area contributed by atoms with E-state index in [-0.39, 0.29) is 25.7 Å². The number of aliphatic hydroxyl groups is 1. The van der Waals surface area contributed by atoms with E-state index in [4.69, 9.17) is 37.0 Å². The van der Waals surface area contributed by atoms with Gasteiger partial charge in [-0.05, 0) is 43.4 Å². The molecule has 17 nitrogen and oxygen atoms in total. The molecule has 600 valence electrons. The molecule has 6 atom stereocenters. The fourth-order valence-electron chi connectivity index (χ4n) is 12.6. The minimum Gasteiger partial charge on any atom is -0.462 e. The van der Waals surface area contributed by atoms with Crippen LogP contribution in [0.1, 0.15) is 427 Å². The molecule has 0 aliphatic carbocycles. The van der Waals surface area contributed by atoms with Crippen LogP contribution in [-0.4, -0.2) is 96.7 Å². The van der Waals surface area contributed by atoms with Gasteiger partial charge in [0.05, 0.1) is 26.4 Å². The molecule has 0 aromatic carbocycles. The van der Waals surface area contributed by atoms with Gasteiger partial charge in [0.15, 0.2) is 12.2 Å². The van der Waals surface area contributed by atoms with Crippen molar-refractivity contribution in [3.63, 3.8) is 0 Å². The molecule has 0 radical (unpaired) electrons. The van der Waals surface area contributed by atoms with E-state index in [1.54, 1.807) is 0 Å². The van der Waals surface area contributed by atoms with Crippen LogP contribution in [0.3, 0.4) is 0 Å². The number of ether oxygens (including phenoxy) is 4. The van der Waals surface area contributed by atoms with Crippen molar-refractivity contribution in [3.05, 3.63) is 0 Å². The molecule has 0 bridgehead atoms. The zero-order chi connectivity index (χ0) is 74.4. The van der Waals surface area contributed by atoms with E-state index in [9.17, 15) is 43.2 Å². The van der Waals surface area contributed by atoms with Crippen LogP contribution in [0.25, 0.3) is 0 Å². The first-order valence-electron chi connectivity index (χ1n) is 42.4. The molecule has 0 amide bonds. The van der Waals surface area contributed by atoms with Crippen molar-refractivity contribution in [2.75, 3.05) is 39.6 Å². The highest BCUT2D eigenvalue weighted by Gasteiger charge is 2.30. The molecule has 101 heavy (non-hydrogen) atoms. The number of hydrogen-bond donors (Lipinski definition) is 3. The standard InChI is InChI=1S/C82H160O17P2/c1-8-10-11-12-39-49-56-63-79(84)92-69-77(98-81(86)66-59-52-45-38-32-26-25-28-34-41-47-54-61-74(5)6)71-96-100(88,89)94-67-76(83)68-95-101(90,91)97-72-78(70-93-80(85)64-57-50-43-36-30-23-20-19-21-27-33-40-46-53-60-73(3)4)99-82(87)65-58-51-44-37-31-24-18-16-14-13-15-17-22-29-35-42-48-55-62-75(7)9-2/h73-78,83H,8-72H2,1-7H3,(H,88,89)(H,90,91)/t75?,76-,77+,78+/m0/s1. The minimum absolute atomic E-state index is 0.106. The number of esters is 4. The van der Waals surface area contributed by atoms with Crippen molar-refractivity contribution in [3.8, 4) is 0 Å². The third kappa shape index (κ3) is 74.7. The lowest BCUT2D eigenvalue weighted by Crippen LogP contribution is -2.30. The van der Waals surface area contributed by atoms with E-state index in [0.717, 1.165) is 120 Å². The van der Waals surface area contributed by atoms with Crippen LogP contribution in [0.2, 0.25) is 0 Å². The van der Waals surface area contributed by atoms with Crippen LogP contribution in [0.15, 0.2) is 0 Å². The van der Waals surface area contributed by atoms with Gasteiger partial charge in [-0.3, -0.25) is 37.3 Å². The fourth-order valence-corrected chi connectivity index (χ4v) is 14.2. The smallest absolute Gasteiger partial charge is 0.462 e. The molecule has 0 fully saturated rings. The van der Waals surface area contributed by atoms with Crippen LogP contribution < -0.4 is 0 Å². The molecule has 0 aromatic heterocycles. The highest BCUT2D eigenvalue weighted by Crippen LogP contribution is 2.45. The number of phosphoric ester groups is 2. The summed E-state index contributed by atoms with van der Waals surface area (Å²) in [6.07, 6.45) is 61.2. The van der Waals surface area contributed by atoms with Crippen LogP contribution >= 0.6 is 15.6 Å². The summed E-state index contributed by atoms with van der Waals surface area (Å²) in [5, 5.41) is 10.6. The van der Waals surface area contributed by atoms with Crippen molar-refractivity contribution in [2.45, 2.75) is 446 Å². The molecule has 0 aliphatic rings. The molecule has 0 heterocycles. The summed E-state index contributed by atoms with van der Waals surface area (Å²) in [7, 11) is -9.92. The molecule has 0 rings (SSSR count). The number of unbranched alkanes of at least 4 members (excludes halogenated alkanes) is 47. The maximum Gasteiger partial charge on any atom is 0.472 e. The monoisotopic (exact) mass is 1480 g/mol. The lowest BCUT2D eigenvalue weighted by Gasteiger charge is -2.21. The maximum atomic E-state index is 13.1. The molecule has 0 spiro atoms. The molecule has 19 heteroatoms. The number of carbonyl (C=O) groups is 4. The van der Waals surface area contributed by atoms with Gasteiger partial charge in [0.1, 0.15) is 19.3 Å². The molecule has 0 saturated heterocycles. The summed E-state index contributed by atoms with van der Waals surface area (Å²) in [5.41, 5.74) is 0. The Hall–Kier alpha value is -1.94. The normalized spacial score (nSPS) is 14.2. The molecule has 0 aromatic rings. The van der Waals surface area contributed by atoms with Crippen LogP contribution in [0.5, 0.6) is 0 Å². The van der Waals surface area contributed by atoms with Gasteiger partial charge < -0.3 is 33.8 Å². The van der Waals surface area contributed by atoms with Crippen LogP contribution in [0.4, 0.5) is 0 Å². The van der Waals surface area contributed by atoms with Gasteiger partial charge in [-0.25, -0.2) is 9.13 Å². The number of carbonyl (C=O) groups excluding carboxylic acids is 4. The predicted octanol–water partition coefficient (Wildman–Crippen LogP) is 24.5. The minimum atomic E-state index is -4.96. The lowest BCUT2D eigenvalue weighted by molar-refractivity contribution is -0.161. The number of rotatable bonds is 80. The first kappa shape index (κ1) is 99.1. The van der Waals surface area contributed by atoms with Gasteiger partial charge in [0, 0.05) is 25.7 Å². The summed E-state index contributed by atoms with van der Waals surface area (Å²) in [4.78, 5) is 72.9. The van der Waals surface area contributed by atoms with E-state index in [1.807, 2.05) is 0 Å². The van der Waals surface area contributed by atoms with Crippen molar-refractivity contribution < 1.29 is 80.2 Å². The van der Waals surface area contributed by atoms with E-state index in [0.29, 0.717) is 25.7 Å². The first-order chi connectivity index (χ1) is 48.8. The van der Waals surface area contributed by atoms with E-state index >= 15 is 0 Å². The lowest BCUT2D eigenvalue weighted by atomic mass is 9.99. The van der Waals surface area contributed by atoms with Gasteiger partial charge in [-0.2, -0.15) is 0 Å². The summed E-state index contributed by atoms with van der Waals surface area (Å²) in [6, 6.07) is 0. The van der Waals surface area contributed by atoms with Crippen LogP contribution in [-0.2, 0) is 65.4 Å². The fraction of sp³-hybridized carbons (Fsp3) is 0.951. The predicted molar refractivity (Wildman–Crippen MR) is 414 cm³/mol. The molecule has 3 N–H and O–H groups in total. The van der Waals surface area contributed by atoms with Crippen molar-refractivity contribution in [1.82, 2.24) is 0 Å². The largest absolute Gasteiger partial charge is 0.472 e. The highest BCUT2D eigenvalue weighted by molar-refractivity contribution is 7.47. The summed E-state index contributed by atoms with van der Waals surface area (Å²) >= 11 is 0. The molecule has 3 unspecified atom stereocenters. The summed E-state index contributed by atoms with van der Waals surface area (Å²) in [5.74, 6) is 0.333. The van der Waals surface area contributed by atoms with Crippen molar-refractivity contribution in [1.29, 1.82) is 0 Å². The first-order valence-corrected chi connectivity index (χ1v) is 45.4. The average molecular weight is 1480 g/mol. The Morgan fingerprint density at radius 3 is 0.752 bits per heavy atom. The topological polar surface area (TPSA) is 237 Å². The summed E-state index contributed by atoms with van der Waals surface area (Å²) < 4.78 is 68.6. The zero-order valence-corrected chi connectivity index (χ0v) is 68.2. The Labute approximate surface area is 619 Å². The molecular formula is C82H160O17P2. The quantitative estimate of drug-likeness (QED) is 0.0222. The second-order valence-electron chi connectivity index (χ2n) is 30.7. The Morgan fingerprint density at radius 2 is 0.505 bits per heavy atom. The van der Waals surface area contributed by atoms with Crippen molar-refractivity contribution in [2.24, 2.45) is 17.8 Å². The van der Waals surface area contributed by atoms with Crippen molar-refractivity contribution >= 4 is 39.5 Å². The second kappa shape index (κ2) is 72.3. The van der Waals surface area contributed by atoms with Gasteiger partial charge in [-0.1, -0.05) is 376 Å². The second-order valence-corrected chi connectivity index (χ2v) is 33.6. The molecule has 0 saturated carbocycles. The van der Waals surface area contributed by atoms with Gasteiger partial charge in [-0.15, -0.1) is 0 Å². The number of phosphoric acid groups is 2. The Balaban J connectivity index is 5.17. The number of hydrogen-bond acceptors (Lipinski definition) is 15. The number of aliphatic hydroxyl groups excluding tert-OH is 1. The van der Waals surface area contributed by atoms with Gasteiger partial charge in [0.25, 0.3) is 0 Å². The summed E-state index contributed by atoms with van der Waals surface area (Å²) in [6.45, 7) is 12.0. The average Bonchev–Trinajstić information content (AvgIpc) is 0.950. The molecule has 0 aliphatic heterocycles. The van der Waals surface area contributed by atoms with Gasteiger partial charge in [0.2, 0.25) is 0 Å². The van der Waals surface area contributed by atoms with Gasteiger partial charge >= 0.3 is 39.5 Å². The van der Waals surface area contributed by atoms with E-state index in [1.165, 1.54) is 225 Å². The zero-order valence-electron chi connectivity index (χ0n) is 66.4. The Morgan fingerprint density at radius 1 is 0.287 bits per heavy atom. The van der Waals surface area contributed by atoms with E-state index in [2.05, 4.69) is 48.5 Å². The Kier molecular flexibility index (Phi) is 70.9. The maximum absolute atomic E-state index is 13.1. The third-order valence-electron chi connectivity index (χ3n) is 19.5. The molecular weight excluding hydrogens is 1320 g/mol.